The van der Waals surface area contributed by atoms with Crippen LogP contribution in [0.15, 0.2) is 60.7 Å². The molecule has 27 nitrogen and oxygen atoms in total. The van der Waals surface area contributed by atoms with Crippen LogP contribution >= 0.6 is 12.4 Å². The van der Waals surface area contributed by atoms with E-state index >= 15 is 0 Å². The Kier molecular flexibility index (Phi) is 65.0. The smallest absolute Gasteiger partial charge is 1.00 e. The van der Waals surface area contributed by atoms with Gasteiger partial charge in [-0.2, -0.15) is 23.4 Å². The molecule has 0 radical (unpaired) electrons. The number of nitrogens with zero attached hydrogens (tertiary/aromatic N) is 2. The molecule has 113 heavy (non-hydrogen) atoms. The Labute approximate surface area is 726 Å². The largest absolute Gasteiger partial charge is 2.00 e. The topological polar surface area (TPSA) is 370 Å². The van der Waals surface area contributed by atoms with Gasteiger partial charge in [0.2, 0.25) is 5.91 Å². The van der Waals surface area contributed by atoms with Crippen molar-refractivity contribution in [3.8, 4) is 0 Å². The van der Waals surface area contributed by atoms with Gasteiger partial charge >= 0.3 is 72.4 Å². The summed E-state index contributed by atoms with van der Waals surface area (Å²) in [5.74, 6) is 2.85. The standard InChI is InChI=1S/C20H23NO.C12H22N2O4.C11H19NO3.2C10H17NO3.C6H11NO.C6H10O.C3H7.C2H7NO.CO2.Al.2ClH.Li.Mg.4H/c1-16(22)19-12-20(13-19)21(14-17-8-4-2-5-9-17)15-18-10-6-3-7-11-18;1-12(2,3)18-11(16)13-9-6-8(7-9)10(15)14(4)17-5;1-7(13)8-5-9(6-8)12-10(14)15-11(2,3)4;2*1-10(2,3)14-9(13)11-8-4-7(5-8)6-12;1-4(8)5-2-6(7)3-5;1-2-5-3-6(7)4-5;1-3-2;1-3-4-2;2-1-3;;;;;;;;;/h2-11,19-20H,12-15H2,1H3;8-9H,6-7H2,1-5H3,(H,13,16);8-9H,5-6H2,1-4H3,(H,12,14);2*6-8H,4-5H2,1-3H3,(H,11,13);5-6H,2-3,7H2,1H3;5H,2-4H2,1H3;3H,1-2H3;3H,1-2H3;;;2*1H;;;;;;/q;;;;;;;-1;;;;;;+1;+2;;;;-1/p-1. The fourth-order valence-electron chi connectivity index (χ4n) is 11.1. The number of aldehydes is 2. The Hall–Kier alpha value is -5.33. The maximum atomic E-state index is 11.7. The number of rotatable bonds is 18. The second-order valence-corrected chi connectivity index (χ2v) is 32.2. The molecule has 0 saturated heterocycles. The van der Waals surface area contributed by atoms with Crippen LogP contribution in [0.25, 0.3) is 0 Å². The van der Waals surface area contributed by atoms with Crippen molar-refractivity contribution in [3.63, 3.8) is 0 Å². The number of hydrogen-bond donors (Lipinski definition) is 6. The van der Waals surface area contributed by atoms with Crippen molar-refractivity contribution in [1.29, 1.82) is 0 Å². The van der Waals surface area contributed by atoms with Crippen molar-refractivity contribution in [1.82, 2.24) is 36.7 Å². The zero-order valence-electron chi connectivity index (χ0n) is 72.3. The number of nitrogens with two attached hydrogens (primary N) is 1. The number of alkyl carbamates (subject to hydrolysis) is 4. The molecule has 7 fully saturated rings. The first-order valence-electron chi connectivity index (χ1n) is 37.5. The Morgan fingerprint density at radius 3 is 1.03 bits per heavy atom. The summed E-state index contributed by atoms with van der Waals surface area (Å²) in [5, 5.41) is 12.1. The molecule has 0 atom stereocenters. The van der Waals surface area contributed by atoms with E-state index in [0.29, 0.717) is 48.2 Å². The van der Waals surface area contributed by atoms with E-state index in [1.165, 1.54) is 29.7 Å². The van der Waals surface area contributed by atoms with Gasteiger partial charge in [-0.05, 0) is 198 Å². The summed E-state index contributed by atoms with van der Waals surface area (Å²) < 4.78 is 20.4. The van der Waals surface area contributed by atoms with Gasteiger partial charge in [-0.3, -0.25) is 33.7 Å². The normalized spacial score (nSPS) is 22.0. The van der Waals surface area contributed by atoms with E-state index in [1.54, 1.807) is 42.0 Å². The molecule has 32 heteroatoms. The van der Waals surface area contributed by atoms with Gasteiger partial charge in [-0.1, -0.05) is 74.0 Å². The van der Waals surface area contributed by atoms with Crippen LogP contribution in [0.3, 0.4) is 0 Å². The molecule has 7 aliphatic carbocycles. The van der Waals surface area contributed by atoms with E-state index in [-0.39, 0.29) is 157 Å². The monoisotopic (exact) mass is 1650 g/mol. The van der Waals surface area contributed by atoms with Crippen LogP contribution < -0.4 is 63.7 Å². The molecule has 7 aliphatic rings. The van der Waals surface area contributed by atoms with Crippen molar-refractivity contribution in [2.45, 2.75) is 293 Å². The first-order valence-corrected chi connectivity index (χ1v) is 37.5. The third kappa shape index (κ3) is 56.6. The minimum Gasteiger partial charge on any atom is -1.00 e. The molecule has 0 heterocycles. The van der Waals surface area contributed by atoms with Gasteiger partial charge in [-0.15, -0.1) is 12.4 Å². The van der Waals surface area contributed by atoms with E-state index in [1.807, 2.05) is 103 Å². The molecule has 7 N–H and O–H groups in total. The molecule has 0 spiro atoms. The Balaban J connectivity index is -0.000000232. The van der Waals surface area contributed by atoms with Crippen molar-refractivity contribution >= 4 is 125 Å². The summed E-state index contributed by atoms with van der Waals surface area (Å²) in [6, 6.07) is 22.4. The number of halogens is 2. The predicted molar refractivity (Wildman–Crippen MR) is 436 cm³/mol. The zero-order chi connectivity index (χ0) is 82.7. The number of hydroxylamine groups is 3. The fraction of sp³-hybridized carbons (Fsp3) is 0.691. The first-order chi connectivity index (χ1) is 50.3. The SMILES string of the molecule is CC(=O)C1CC(N(Cc2ccccc2)Cc2ccccc2)C1.CC(=O)C1CC(N)C1.CC(=O)C1CC(NC(=O)OC(C)(C)C)C1.CC(C)(C)OC(=O)NC1CC(C=O)C1.CC(C)(C)OC(=O)NC1CC(C=O)C1.CCC1CC(=O)C1.CNOC.CON(C)C(=O)C1CC(NC(=O)OC(C)(C)C)C1.C[CH-]C.Cl.O=C=O.[AlH3].[Cl-].[H-].[Li+].[Mg+2]. The molecule has 2 aromatic carbocycles. The third-order valence-electron chi connectivity index (χ3n) is 17.6. The maximum absolute atomic E-state index is 11.7. The predicted octanol–water partition coefficient (Wildman–Crippen LogP) is 5.30. The van der Waals surface area contributed by atoms with E-state index in [2.05, 4.69) is 104 Å². The second-order valence-electron chi connectivity index (χ2n) is 32.2. The molecule has 636 valence electrons. The van der Waals surface area contributed by atoms with Crippen LogP contribution in [0, 0.1) is 47.8 Å². The minimum atomic E-state index is -0.501. The summed E-state index contributed by atoms with van der Waals surface area (Å²) in [6.45, 7) is 34.8. The number of amides is 5. The summed E-state index contributed by atoms with van der Waals surface area (Å²) in [7, 11) is 6.31. The van der Waals surface area contributed by atoms with Crippen LogP contribution in [-0.4, -0.2) is 209 Å². The maximum Gasteiger partial charge on any atom is 2.00 e. The molecular formula is C81H138AlCl2LiMgN8O19. The number of Topliss-reactive ketones (excluding diaryl/α,β-unsaturated/α-hetero) is 4. The summed E-state index contributed by atoms with van der Waals surface area (Å²) >= 11 is 0. The summed E-state index contributed by atoms with van der Waals surface area (Å²) in [6.07, 6.45) is 15.0. The van der Waals surface area contributed by atoms with Crippen LogP contribution in [0.5, 0.6) is 0 Å². The van der Waals surface area contributed by atoms with Crippen LogP contribution in [-0.2, 0) is 84.9 Å². The van der Waals surface area contributed by atoms with Gasteiger partial charge in [0.25, 0.3) is 0 Å². The number of carbonyl (C=O) groups excluding carboxylic acids is 13. The van der Waals surface area contributed by atoms with Crippen molar-refractivity contribution in [2.24, 2.45) is 47.2 Å². The van der Waals surface area contributed by atoms with Crippen molar-refractivity contribution < 1.29 is 124 Å². The van der Waals surface area contributed by atoms with Gasteiger partial charge in [0, 0.05) is 112 Å². The van der Waals surface area contributed by atoms with Gasteiger partial charge in [0.15, 0.2) is 17.4 Å². The van der Waals surface area contributed by atoms with Crippen LogP contribution in [0.2, 0.25) is 0 Å². The second kappa shape index (κ2) is 61.9. The number of hydrogen-bond acceptors (Lipinski definition) is 22. The molecule has 0 aromatic heterocycles. The Morgan fingerprint density at radius 1 is 0.549 bits per heavy atom. The summed E-state index contributed by atoms with van der Waals surface area (Å²) in [4.78, 5) is 149. The zero-order valence-corrected chi connectivity index (χ0v) is 74.2. The van der Waals surface area contributed by atoms with Gasteiger partial charge in [0.1, 0.15) is 58.1 Å². The number of nitrogens with one attached hydrogen (secondary N) is 5. The first kappa shape index (κ1) is 119. The Bertz CT molecular complexity index is 2960. The molecule has 0 aliphatic heterocycles. The third-order valence-corrected chi connectivity index (χ3v) is 17.6. The summed E-state index contributed by atoms with van der Waals surface area (Å²) in [5.41, 5.74) is 8.67. The average Bonchev–Trinajstić information content (AvgIpc) is 0.817. The number of carbonyl (C=O) groups is 11. The van der Waals surface area contributed by atoms with E-state index < -0.39 is 46.8 Å². The minimum absolute atomic E-state index is 0. The molecule has 2 aromatic rings. The molecule has 0 bridgehead atoms. The van der Waals surface area contributed by atoms with Gasteiger partial charge in [-0.25, -0.2) is 29.7 Å². The van der Waals surface area contributed by atoms with E-state index in [0.717, 1.165) is 109 Å². The number of ether oxygens (including phenoxy) is 4. The number of ketones is 4. The number of benzene rings is 2. The molecule has 7 saturated carbocycles. The van der Waals surface area contributed by atoms with Crippen molar-refractivity contribution in [2.75, 3.05) is 28.3 Å². The average molecular weight is 1660 g/mol. The van der Waals surface area contributed by atoms with E-state index in [9.17, 15) is 52.7 Å². The van der Waals surface area contributed by atoms with Crippen molar-refractivity contribution in [3.05, 3.63) is 78.2 Å². The van der Waals surface area contributed by atoms with Gasteiger partial charge < -0.3 is 80.6 Å². The molecule has 0 unspecified atom stereocenters. The van der Waals surface area contributed by atoms with E-state index in [4.69, 9.17) is 39.1 Å². The van der Waals surface area contributed by atoms with Crippen LogP contribution in [0.1, 0.15) is 233 Å². The fourth-order valence-corrected chi connectivity index (χ4v) is 11.1. The molecular weight excluding hydrogens is 1520 g/mol. The van der Waals surface area contributed by atoms with Crippen LogP contribution in [0.4, 0.5) is 19.2 Å². The molecule has 9 rings (SSSR count). The molecule has 5 amide bonds. The van der Waals surface area contributed by atoms with Gasteiger partial charge in [0.05, 0.1) is 14.2 Å². The Morgan fingerprint density at radius 2 is 0.814 bits per heavy atom. The quantitative estimate of drug-likeness (QED) is 0.0362.